The van der Waals surface area contributed by atoms with E-state index in [1.165, 1.54) is 0 Å². The third-order valence-electron chi connectivity index (χ3n) is 3.56. The molecule has 100 valence electrons. The van der Waals surface area contributed by atoms with Gasteiger partial charge in [-0.15, -0.1) is 0 Å². The highest BCUT2D eigenvalue weighted by atomic mass is 35.5. The van der Waals surface area contributed by atoms with Crippen molar-refractivity contribution in [1.29, 1.82) is 0 Å². The molecule has 1 aliphatic rings. The molecule has 4 heteroatoms. The Morgan fingerprint density at radius 2 is 2.17 bits per heavy atom. The van der Waals surface area contributed by atoms with Gasteiger partial charge in [-0.3, -0.25) is 0 Å². The van der Waals surface area contributed by atoms with Gasteiger partial charge in [0, 0.05) is 35.9 Å². The van der Waals surface area contributed by atoms with Crippen LogP contribution in [0.5, 0.6) is 0 Å². The number of anilines is 1. The lowest BCUT2D eigenvalue weighted by Gasteiger charge is -2.52. The van der Waals surface area contributed by atoms with Crippen molar-refractivity contribution in [1.82, 2.24) is 4.90 Å². The molecular formula is C14H22ClN3. The summed E-state index contributed by atoms with van der Waals surface area (Å²) in [4.78, 5) is 4.76. The van der Waals surface area contributed by atoms with Gasteiger partial charge in [0.2, 0.25) is 0 Å². The Morgan fingerprint density at radius 1 is 1.44 bits per heavy atom. The first-order valence-corrected chi connectivity index (χ1v) is 6.75. The standard InChI is InChI=1S/C14H22ClN3/c1-14(2)10-17(3)9-13(8-16)18(14)12-6-4-5-11(15)7-12/h4-7,13H,8-10,16H2,1-3H3. The summed E-state index contributed by atoms with van der Waals surface area (Å²) in [6.07, 6.45) is 0. The quantitative estimate of drug-likeness (QED) is 0.892. The zero-order valence-corrected chi connectivity index (χ0v) is 12.1. The first kappa shape index (κ1) is 13.7. The predicted octanol–water partition coefficient (Wildman–Crippen LogP) is 2.20. The Labute approximate surface area is 115 Å². The van der Waals surface area contributed by atoms with Gasteiger partial charge in [0.15, 0.2) is 0 Å². The summed E-state index contributed by atoms with van der Waals surface area (Å²) in [5, 5.41) is 0.776. The van der Waals surface area contributed by atoms with Crippen LogP contribution in [0.15, 0.2) is 24.3 Å². The van der Waals surface area contributed by atoms with Crippen molar-refractivity contribution in [3.63, 3.8) is 0 Å². The predicted molar refractivity (Wildman–Crippen MR) is 78.3 cm³/mol. The zero-order chi connectivity index (χ0) is 13.3. The number of benzene rings is 1. The van der Waals surface area contributed by atoms with Crippen LogP contribution in [0.1, 0.15) is 13.8 Å². The van der Waals surface area contributed by atoms with Gasteiger partial charge in [0.05, 0.1) is 6.04 Å². The van der Waals surface area contributed by atoms with Crippen LogP contribution in [0.4, 0.5) is 5.69 Å². The molecule has 0 aromatic heterocycles. The van der Waals surface area contributed by atoms with E-state index < -0.39 is 0 Å². The molecule has 1 aliphatic heterocycles. The maximum Gasteiger partial charge on any atom is 0.0545 e. The lowest BCUT2D eigenvalue weighted by Crippen LogP contribution is -2.65. The van der Waals surface area contributed by atoms with E-state index in [1.54, 1.807) is 0 Å². The average molecular weight is 268 g/mol. The highest BCUT2D eigenvalue weighted by Gasteiger charge is 2.38. The van der Waals surface area contributed by atoms with E-state index >= 15 is 0 Å². The van der Waals surface area contributed by atoms with Crippen LogP contribution in [0.3, 0.4) is 0 Å². The Kier molecular flexibility index (Phi) is 3.85. The minimum absolute atomic E-state index is 0.0573. The van der Waals surface area contributed by atoms with E-state index in [-0.39, 0.29) is 5.54 Å². The maximum atomic E-state index is 6.11. The van der Waals surface area contributed by atoms with Gasteiger partial charge in [-0.1, -0.05) is 17.7 Å². The van der Waals surface area contributed by atoms with Gasteiger partial charge in [0.25, 0.3) is 0 Å². The number of piperazine rings is 1. The minimum atomic E-state index is 0.0573. The molecule has 0 radical (unpaired) electrons. The molecule has 1 aromatic rings. The van der Waals surface area contributed by atoms with Crippen molar-refractivity contribution in [3.8, 4) is 0 Å². The van der Waals surface area contributed by atoms with Gasteiger partial charge in [-0.2, -0.15) is 0 Å². The third kappa shape index (κ3) is 2.63. The van der Waals surface area contributed by atoms with Crippen molar-refractivity contribution < 1.29 is 0 Å². The van der Waals surface area contributed by atoms with Crippen LogP contribution in [-0.4, -0.2) is 43.2 Å². The van der Waals surface area contributed by atoms with E-state index in [2.05, 4.69) is 36.8 Å². The highest BCUT2D eigenvalue weighted by Crippen LogP contribution is 2.32. The first-order chi connectivity index (χ1) is 8.44. The van der Waals surface area contributed by atoms with Gasteiger partial charge in [0.1, 0.15) is 0 Å². The number of likely N-dealkylation sites (N-methyl/N-ethyl adjacent to an activating group) is 1. The highest BCUT2D eigenvalue weighted by molar-refractivity contribution is 6.30. The summed E-state index contributed by atoms with van der Waals surface area (Å²) in [5.41, 5.74) is 7.17. The monoisotopic (exact) mass is 267 g/mol. The maximum absolute atomic E-state index is 6.11. The minimum Gasteiger partial charge on any atom is -0.360 e. The molecule has 1 atom stereocenters. The average Bonchev–Trinajstić information content (AvgIpc) is 2.26. The summed E-state index contributed by atoms with van der Waals surface area (Å²) in [6, 6.07) is 8.38. The number of nitrogens with two attached hydrogens (primary N) is 1. The topological polar surface area (TPSA) is 32.5 Å². The fourth-order valence-electron chi connectivity index (χ4n) is 3.10. The second-order valence-electron chi connectivity index (χ2n) is 5.75. The van der Waals surface area contributed by atoms with Crippen LogP contribution in [0.25, 0.3) is 0 Å². The second-order valence-corrected chi connectivity index (χ2v) is 6.19. The van der Waals surface area contributed by atoms with E-state index in [9.17, 15) is 0 Å². The second kappa shape index (κ2) is 5.08. The van der Waals surface area contributed by atoms with Crippen LogP contribution in [0, 0.1) is 0 Å². The van der Waals surface area contributed by atoms with E-state index in [4.69, 9.17) is 17.3 Å². The zero-order valence-electron chi connectivity index (χ0n) is 11.4. The number of halogens is 1. The molecule has 1 saturated heterocycles. The van der Waals surface area contributed by atoms with Gasteiger partial charge < -0.3 is 15.5 Å². The molecule has 1 heterocycles. The molecule has 2 rings (SSSR count). The van der Waals surface area contributed by atoms with Crippen LogP contribution in [-0.2, 0) is 0 Å². The van der Waals surface area contributed by atoms with Crippen LogP contribution < -0.4 is 10.6 Å². The Balaban J connectivity index is 2.38. The lowest BCUT2D eigenvalue weighted by molar-refractivity contribution is 0.182. The fraction of sp³-hybridized carbons (Fsp3) is 0.571. The molecule has 3 nitrogen and oxygen atoms in total. The smallest absolute Gasteiger partial charge is 0.0545 e. The van der Waals surface area contributed by atoms with Gasteiger partial charge in [-0.25, -0.2) is 0 Å². The summed E-state index contributed by atoms with van der Waals surface area (Å²) in [7, 11) is 2.15. The van der Waals surface area contributed by atoms with Crippen molar-refractivity contribution in [2.75, 3.05) is 31.6 Å². The molecule has 18 heavy (non-hydrogen) atoms. The summed E-state index contributed by atoms with van der Waals surface area (Å²) >= 11 is 6.11. The molecule has 1 aromatic carbocycles. The van der Waals surface area contributed by atoms with Crippen molar-refractivity contribution in [2.24, 2.45) is 5.73 Å². The molecule has 0 amide bonds. The summed E-state index contributed by atoms with van der Waals surface area (Å²) in [5.74, 6) is 0. The Morgan fingerprint density at radius 3 is 2.78 bits per heavy atom. The Hall–Kier alpha value is -0.770. The molecule has 0 spiro atoms. The molecule has 0 aliphatic carbocycles. The molecule has 1 fully saturated rings. The third-order valence-corrected chi connectivity index (χ3v) is 3.79. The number of hydrogen-bond donors (Lipinski definition) is 1. The number of nitrogens with zero attached hydrogens (tertiary/aromatic N) is 2. The van der Waals surface area contributed by atoms with Crippen molar-refractivity contribution in [3.05, 3.63) is 29.3 Å². The molecule has 0 saturated carbocycles. The molecule has 1 unspecified atom stereocenters. The number of rotatable bonds is 2. The lowest BCUT2D eigenvalue weighted by atomic mass is 9.94. The summed E-state index contributed by atoms with van der Waals surface area (Å²) < 4.78 is 0. The van der Waals surface area contributed by atoms with E-state index in [0.717, 1.165) is 23.8 Å². The van der Waals surface area contributed by atoms with E-state index in [1.807, 2.05) is 18.2 Å². The van der Waals surface area contributed by atoms with E-state index in [0.29, 0.717) is 12.6 Å². The fourth-order valence-corrected chi connectivity index (χ4v) is 3.29. The Bertz CT molecular complexity index is 419. The molecular weight excluding hydrogens is 246 g/mol. The summed E-state index contributed by atoms with van der Waals surface area (Å²) in [6.45, 7) is 7.18. The van der Waals surface area contributed by atoms with Gasteiger partial charge in [-0.05, 0) is 39.1 Å². The normalized spacial score (nSPS) is 24.3. The number of hydrogen-bond acceptors (Lipinski definition) is 3. The van der Waals surface area contributed by atoms with Crippen LogP contribution in [0.2, 0.25) is 5.02 Å². The largest absolute Gasteiger partial charge is 0.360 e. The van der Waals surface area contributed by atoms with Gasteiger partial charge >= 0.3 is 0 Å². The molecule has 0 bridgehead atoms. The first-order valence-electron chi connectivity index (χ1n) is 6.37. The van der Waals surface area contributed by atoms with Crippen molar-refractivity contribution in [2.45, 2.75) is 25.4 Å². The van der Waals surface area contributed by atoms with Crippen LogP contribution >= 0.6 is 11.6 Å². The van der Waals surface area contributed by atoms with Crippen molar-refractivity contribution >= 4 is 17.3 Å². The molecule has 2 N–H and O–H groups in total. The SMILES string of the molecule is CN1CC(CN)N(c2cccc(Cl)c2)C(C)(C)C1.